The van der Waals surface area contributed by atoms with E-state index in [9.17, 15) is 4.79 Å². The summed E-state index contributed by atoms with van der Waals surface area (Å²) in [5.41, 5.74) is 0. The van der Waals surface area contributed by atoms with Crippen LogP contribution in [0.15, 0.2) is 24.4 Å². The molecule has 1 rings (SSSR count). The summed E-state index contributed by atoms with van der Waals surface area (Å²) in [6.07, 6.45) is 5.27. The molecule has 0 radical (unpaired) electrons. The van der Waals surface area contributed by atoms with Crippen LogP contribution < -0.4 is 0 Å². The second-order valence-corrected chi connectivity index (χ2v) is 1.67. The molecule has 4 nitrogen and oxygen atoms in total. The van der Waals surface area contributed by atoms with Crippen molar-refractivity contribution in [2.24, 2.45) is 0 Å². The Morgan fingerprint density at radius 2 is 2.40 bits per heavy atom. The first kappa shape index (κ1) is 6.82. The molecule has 0 fully saturated rings. The Hall–Kier alpha value is -1.29. The van der Waals surface area contributed by atoms with Gasteiger partial charge in [0.15, 0.2) is 0 Å². The molecule has 0 aromatic carbocycles. The molecule has 1 amide bonds. The van der Waals surface area contributed by atoms with Gasteiger partial charge in [-0.25, -0.2) is 4.79 Å². The minimum absolute atomic E-state index is 0.291. The number of amides is 1. The highest BCUT2D eigenvalue weighted by Gasteiger charge is 2.07. The molecule has 1 heterocycles. The third kappa shape index (κ3) is 1.60. The maximum Gasteiger partial charge on any atom is 0.435 e. The van der Waals surface area contributed by atoms with Crippen molar-refractivity contribution >= 4 is 6.09 Å². The first-order chi connectivity index (χ1) is 4.80. The average Bonchev–Trinajstić information content (AvgIpc) is 2.12. The fourth-order valence-corrected chi connectivity index (χ4v) is 0.547. The van der Waals surface area contributed by atoms with Crippen LogP contribution in [0.2, 0.25) is 0 Å². The minimum atomic E-state index is -1.11. The van der Waals surface area contributed by atoms with Crippen LogP contribution in [0.25, 0.3) is 0 Å². The van der Waals surface area contributed by atoms with Gasteiger partial charge in [-0.1, -0.05) is 12.2 Å². The largest absolute Gasteiger partial charge is 0.463 e. The molecule has 0 aliphatic carbocycles. The first-order valence-electron chi connectivity index (χ1n) is 2.79. The Labute approximate surface area is 58.0 Å². The van der Waals surface area contributed by atoms with Crippen LogP contribution in [0.5, 0.6) is 0 Å². The molecule has 0 aromatic heterocycles. The molecule has 54 valence electrons. The number of carbonyl (C=O) groups is 1. The first-order valence-corrected chi connectivity index (χ1v) is 2.79. The molecule has 0 aromatic rings. The van der Waals surface area contributed by atoms with Gasteiger partial charge in [0.2, 0.25) is 0 Å². The molecule has 0 bridgehead atoms. The fourth-order valence-electron chi connectivity index (χ4n) is 0.547. The van der Waals surface area contributed by atoms with Gasteiger partial charge in [0.05, 0.1) is 6.61 Å². The third-order valence-corrected chi connectivity index (χ3v) is 0.967. The van der Waals surface area contributed by atoms with Crippen molar-refractivity contribution in [3.63, 3.8) is 0 Å². The van der Waals surface area contributed by atoms with Crippen LogP contribution in [0.1, 0.15) is 0 Å². The summed E-state index contributed by atoms with van der Waals surface area (Å²) in [5, 5.41) is 9.15. The highest BCUT2D eigenvalue weighted by atomic mass is 16.7. The van der Waals surface area contributed by atoms with Gasteiger partial charge in [-0.05, 0) is 6.08 Å². The zero-order chi connectivity index (χ0) is 7.40. The predicted octanol–water partition coefficient (Wildman–Crippen LogP) is 0.982. The minimum Gasteiger partial charge on any atom is -0.463 e. The summed E-state index contributed by atoms with van der Waals surface area (Å²) in [7, 11) is 0. The van der Waals surface area contributed by atoms with E-state index in [1.54, 1.807) is 18.2 Å². The highest BCUT2D eigenvalue weighted by molar-refractivity contribution is 5.64. The molecular weight excluding hydrogens is 134 g/mol. The van der Waals surface area contributed by atoms with Gasteiger partial charge in [0, 0.05) is 6.20 Å². The fraction of sp³-hybridized carbons (Fsp3) is 0.167. The molecule has 10 heavy (non-hydrogen) atoms. The van der Waals surface area contributed by atoms with Crippen LogP contribution in [0.3, 0.4) is 0 Å². The van der Waals surface area contributed by atoms with E-state index in [1.165, 1.54) is 6.20 Å². The Morgan fingerprint density at radius 3 is 3.10 bits per heavy atom. The molecule has 0 unspecified atom stereocenters. The predicted molar refractivity (Wildman–Crippen MR) is 34.1 cm³/mol. The monoisotopic (exact) mass is 141 g/mol. The van der Waals surface area contributed by atoms with Gasteiger partial charge in [-0.2, -0.15) is 5.06 Å². The maximum absolute atomic E-state index is 10.2. The Balaban J connectivity index is 2.56. The second kappa shape index (κ2) is 3.03. The summed E-state index contributed by atoms with van der Waals surface area (Å²) >= 11 is 0. The van der Waals surface area contributed by atoms with E-state index in [-0.39, 0.29) is 0 Å². The van der Waals surface area contributed by atoms with Crippen LogP contribution in [0.4, 0.5) is 4.79 Å². The normalized spacial score (nSPS) is 17.0. The Morgan fingerprint density at radius 1 is 1.60 bits per heavy atom. The van der Waals surface area contributed by atoms with E-state index in [0.29, 0.717) is 6.61 Å². The van der Waals surface area contributed by atoms with Crippen molar-refractivity contribution in [2.75, 3.05) is 6.61 Å². The zero-order valence-electron chi connectivity index (χ0n) is 5.23. The number of carboxylic acid groups (broad SMARTS) is 1. The lowest BCUT2D eigenvalue weighted by atomic mass is 10.5. The van der Waals surface area contributed by atoms with E-state index in [1.807, 2.05) is 0 Å². The quantitative estimate of drug-likeness (QED) is 0.547. The van der Waals surface area contributed by atoms with Gasteiger partial charge in [-0.3, -0.25) is 4.84 Å². The zero-order valence-corrected chi connectivity index (χ0v) is 5.23. The summed E-state index contributed by atoms with van der Waals surface area (Å²) in [6, 6.07) is 0. The van der Waals surface area contributed by atoms with E-state index in [0.717, 1.165) is 5.06 Å². The average molecular weight is 141 g/mol. The molecule has 0 saturated carbocycles. The molecule has 4 heteroatoms. The van der Waals surface area contributed by atoms with E-state index < -0.39 is 6.09 Å². The maximum atomic E-state index is 10.2. The van der Waals surface area contributed by atoms with Crippen molar-refractivity contribution in [1.29, 1.82) is 0 Å². The number of rotatable bonds is 0. The van der Waals surface area contributed by atoms with Crippen molar-refractivity contribution in [3.8, 4) is 0 Å². The second-order valence-electron chi connectivity index (χ2n) is 1.67. The van der Waals surface area contributed by atoms with Crippen molar-refractivity contribution in [2.45, 2.75) is 0 Å². The van der Waals surface area contributed by atoms with E-state index >= 15 is 0 Å². The summed E-state index contributed by atoms with van der Waals surface area (Å²) in [6.45, 7) is 0.291. The van der Waals surface area contributed by atoms with E-state index in [4.69, 9.17) is 9.94 Å². The van der Waals surface area contributed by atoms with Crippen LogP contribution in [-0.4, -0.2) is 22.9 Å². The van der Waals surface area contributed by atoms with Gasteiger partial charge in [0.1, 0.15) is 0 Å². The topological polar surface area (TPSA) is 49.8 Å². The molecule has 1 aliphatic heterocycles. The lowest BCUT2D eigenvalue weighted by Crippen LogP contribution is -2.23. The number of nitrogens with zero attached hydrogens (tertiary/aromatic N) is 1. The standard InChI is InChI=1S/C6H7NO3/c8-6(9)7-4-2-1-3-5-10-7/h1-4H,5H2,(H,8,9). The molecular formula is C6H7NO3. The number of hydroxylamine groups is 2. The van der Waals surface area contributed by atoms with Crippen molar-refractivity contribution in [3.05, 3.63) is 24.4 Å². The number of hydrogen-bond acceptors (Lipinski definition) is 2. The van der Waals surface area contributed by atoms with Gasteiger partial charge < -0.3 is 5.11 Å². The lowest BCUT2D eigenvalue weighted by Gasteiger charge is -2.09. The van der Waals surface area contributed by atoms with E-state index in [2.05, 4.69) is 0 Å². The highest BCUT2D eigenvalue weighted by Crippen LogP contribution is 1.97. The Bertz CT molecular complexity index is 185. The molecule has 1 N–H and O–H groups in total. The van der Waals surface area contributed by atoms with Gasteiger partial charge >= 0.3 is 6.09 Å². The smallest absolute Gasteiger partial charge is 0.435 e. The number of allylic oxidation sites excluding steroid dienone is 2. The summed E-state index contributed by atoms with van der Waals surface area (Å²) < 4.78 is 0. The Kier molecular flexibility index (Phi) is 2.07. The molecule has 1 aliphatic rings. The SMILES string of the molecule is O=C(O)N1C=CC=CCO1. The van der Waals surface area contributed by atoms with Crippen LogP contribution in [0, 0.1) is 0 Å². The summed E-state index contributed by atoms with van der Waals surface area (Å²) in [5.74, 6) is 0. The van der Waals surface area contributed by atoms with Crippen molar-refractivity contribution < 1.29 is 14.7 Å². The van der Waals surface area contributed by atoms with Gasteiger partial charge in [-0.15, -0.1) is 0 Å². The lowest BCUT2D eigenvalue weighted by molar-refractivity contribution is -0.0812. The summed E-state index contributed by atoms with van der Waals surface area (Å²) in [4.78, 5) is 15.0. The van der Waals surface area contributed by atoms with Crippen LogP contribution in [-0.2, 0) is 4.84 Å². The number of hydrogen-bond donors (Lipinski definition) is 1. The van der Waals surface area contributed by atoms with Crippen molar-refractivity contribution in [1.82, 2.24) is 5.06 Å². The molecule has 0 spiro atoms. The van der Waals surface area contributed by atoms with Crippen LogP contribution >= 0.6 is 0 Å². The van der Waals surface area contributed by atoms with Gasteiger partial charge in [0.25, 0.3) is 0 Å². The molecule has 0 atom stereocenters. The third-order valence-electron chi connectivity index (χ3n) is 0.967. The molecule has 0 saturated heterocycles.